The average Bonchev–Trinajstić information content (AvgIpc) is 2.38. The van der Waals surface area contributed by atoms with E-state index in [4.69, 9.17) is 0 Å². The van der Waals surface area contributed by atoms with E-state index in [-0.39, 0.29) is 10.7 Å². The smallest absolute Gasteiger partial charge is 0.257 e. The average molecular weight is 356 g/mol. The third-order valence-corrected chi connectivity index (χ3v) is 3.86. The summed E-state index contributed by atoms with van der Waals surface area (Å²) in [6.45, 7) is 0. The molecule has 0 atom stereocenters. The molecular formula is C12H10BrN3O3S. The molecule has 2 aromatic heterocycles. The van der Waals surface area contributed by atoms with Crippen molar-refractivity contribution < 1.29 is 13.2 Å². The lowest BCUT2D eigenvalue weighted by Gasteiger charge is -2.08. The van der Waals surface area contributed by atoms with E-state index in [1.54, 1.807) is 18.2 Å². The molecule has 8 heteroatoms. The summed E-state index contributed by atoms with van der Waals surface area (Å²) in [4.78, 5) is 19.7. The number of sulfone groups is 1. The SMILES string of the molecule is CS(=O)(=O)c1ncccc1NC(=O)c1ccc(Br)nc1. The molecule has 0 radical (unpaired) electrons. The quantitative estimate of drug-likeness (QED) is 0.849. The summed E-state index contributed by atoms with van der Waals surface area (Å²) in [5.74, 6) is -0.456. The molecule has 0 fully saturated rings. The van der Waals surface area contributed by atoms with Crippen LogP contribution < -0.4 is 5.32 Å². The van der Waals surface area contributed by atoms with Gasteiger partial charge in [0.1, 0.15) is 4.60 Å². The summed E-state index contributed by atoms with van der Waals surface area (Å²) in [7, 11) is -3.52. The predicted molar refractivity (Wildman–Crippen MR) is 77.2 cm³/mol. The van der Waals surface area contributed by atoms with Gasteiger partial charge in [0.05, 0.1) is 11.3 Å². The van der Waals surface area contributed by atoms with Crippen LogP contribution in [0.4, 0.5) is 5.69 Å². The van der Waals surface area contributed by atoms with Gasteiger partial charge in [-0.3, -0.25) is 4.79 Å². The number of aromatic nitrogens is 2. The van der Waals surface area contributed by atoms with Crippen LogP contribution in [0.15, 0.2) is 46.3 Å². The molecule has 6 nitrogen and oxygen atoms in total. The maximum atomic E-state index is 12.0. The van der Waals surface area contributed by atoms with Crippen molar-refractivity contribution in [1.29, 1.82) is 0 Å². The number of nitrogens with one attached hydrogen (secondary N) is 1. The largest absolute Gasteiger partial charge is 0.319 e. The molecule has 104 valence electrons. The lowest BCUT2D eigenvalue weighted by molar-refractivity contribution is 0.102. The van der Waals surface area contributed by atoms with Crippen molar-refractivity contribution in [3.8, 4) is 0 Å². The highest BCUT2D eigenvalue weighted by atomic mass is 79.9. The monoisotopic (exact) mass is 355 g/mol. The van der Waals surface area contributed by atoms with E-state index in [9.17, 15) is 13.2 Å². The first-order valence-corrected chi connectivity index (χ1v) is 8.14. The Hall–Kier alpha value is -1.80. The number of hydrogen-bond donors (Lipinski definition) is 1. The number of anilines is 1. The number of carbonyl (C=O) groups is 1. The van der Waals surface area contributed by atoms with Crippen LogP contribution >= 0.6 is 15.9 Å². The topological polar surface area (TPSA) is 89.0 Å². The molecule has 2 heterocycles. The minimum Gasteiger partial charge on any atom is -0.319 e. The van der Waals surface area contributed by atoms with Gasteiger partial charge in [0, 0.05) is 18.6 Å². The van der Waals surface area contributed by atoms with Gasteiger partial charge in [-0.15, -0.1) is 0 Å². The number of amides is 1. The lowest BCUT2D eigenvalue weighted by Crippen LogP contribution is -2.15. The molecule has 20 heavy (non-hydrogen) atoms. The molecular weight excluding hydrogens is 346 g/mol. The van der Waals surface area contributed by atoms with Crippen LogP contribution in [0.3, 0.4) is 0 Å². The highest BCUT2D eigenvalue weighted by molar-refractivity contribution is 9.10. The fourth-order valence-corrected chi connectivity index (χ4v) is 2.49. The molecule has 0 saturated carbocycles. The zero-order valence-electron chi connectivity index (χ0n) is 10.4. The molecule has 1 N–H and O–H groups in total. The van der Waals surface area contributed by atoms with Crippen LogP contribution in [0, 0.1) is 0 Å². The van der Waals surface area contributed by atoms with Gasteiger partial charge in [0.25, 0.3) is 5.91 Å². The van der Waals surface area contributed by atoms with Gasteiger partial charge in [-0.2, -0.15) is 0 Å². The van der Waals surface area contributed by atoms with Gasteiger partial charge in [0.2, 0.25) is 0 Å². The summed E-state index contributed by atoms with van der Waals surface area (Å²) < 4.78 is 23.8. The first-order valence-electron chi connectivity index (χ1n) is 5.46. The second kappa shape index (κ2) is 5.68. The van der Waals surface area contributed by atoms with Crippen molar-refractivity contribution in [3.05, 3.63) is 46.8 Å². The minimum atomic E-state index is -3.52. The third-order valence-electron chi connectivity index (χ3n) is 2.36. The van der Waals surface area contributed by atoms with Gasteiger partial charge in [-0.25, -0.2) is 18.4 Å². The van der Waals surface area contributed by atoms with Crippen molar-refractivity contribution in [2.75, 3.05) is 11.6 Å². The second-order valence-electron chi connectivity index (χ2n) is 3.95. The van der Waals surface area contributed by atoms with Gasteiger partial charge >= 0.3 is 0 Å². The maximum Gasteiger partial charge on any atom is 0.257 e. The molecule has 0 aromatic carbocycles. The summed E-state index contributed by atoms with van der Waals surface area (Å²) in [6, 6.07) is 6.22. The third kappa shape index (κ3) is 3.40. The Morgan fingerprint density at radius 3 is 2.60 bits per heavy atom. The minimum absolute atomic E-state index is 0.142. The fourth-order valence-electron chi connectivity index (χ4n) is 1.49. The standard InChI is InChI=1S/C12H10BrN3O3S/c1-20(18,19)12-9(3-2-6-14-12)16-11(17)8-4-5-10(13)15-7-8/h2-7H,1H3,(H,16,17). The van der Waals surface area contributed by atoms with Crippen molar-refractivity contribution in [3.63, 3.8) is 0 Å². The second-order valence-corrected chi connectivity index (χ2v) is 6.70. The summed E-state index contributed by atoms with van der Waals surface area (Å²) in [5.41, 5.74) is 0.458. The zero-order chi connectivity index (χ0) is 14.8. The molecule has 0 aliphatic heterocycles. The van der Waals surface area contributed by atoms with E-state index in [1.165, 1.54) is 18.5 Å². The molecule has 2 aromatic rings. The first-order chi connectivity index (χ1) is 9.38. The van der Waals surface area contributed by atoms with E-state index in [0.29, 0.717) is 10.2 Å². The van der Waals surface area contributed by atoms with E-state index in [0.717, 1.165) is 6.26 Å². The Kier molecular flexibility index (Phi) is 4.15. The van der Waals surface area contributed by atoms with Gasteiger partial charge in [-0.1, -0.05) is 0 Å². The number of hydrogen-bond acceptors (Lipinski definition) is 5. The number of nitrogens with zero attached hydrogens (tertiary/aromatic N) is 2. The van der Waals surface area contributed by atoms with Crippen LogP contribution in [0.5, 0.6) is 0 Å². The summed E-state index contributed by atoms with van der Waals surface area (Å²) >= 11 is 3.17. The normalized spacial score (nSPS) is 11.1. The van der Waals surface area contributed by atoms with E-state index in [1.807, 2.05) is 0 Å². The van der Waals surface area contributed by atoms with Crippen molar-refractivity contribution in [2.45, 2.75) is 5.03 Å². The molecule has 2 rings (SSSR count). The number of halogens is 1. The number of rotatable bonds is 3. The first kappa shape index (κ1) is 14.6. The van der Waals surface area contributed by atoms with E-state index in [2.05, 4.69) is 31.2 Å². The highest BCUT2D eigenvalue weighted by Crippen LogP contribution is 2.18. The summed E-state index contributed by atoms with van der Waals surface area (Å²) in [5, 5.41) is 2.35. The van der Waals surface area contributed by atoms with Crippen LogP contribution in [-0.4, -0.2) is 30.5 Å². The lowest BCUT2D eigenvalue weighted by atomic mass is 10.2. The molecule has 1 amide bonds. The highest BCUT2D eigenvalue weighted by Gasteiger charge is 2.17. The molecule has 0 saturated heterocycles. The van der Waals surface area contributed by atoms with E-state index >= 15 is 0 Å². The van der Waals surface area contributed by atoms with Crippen LogP contribution in [-0.2, 0) is 9.84 Å². The zero-order valence-corrected chi connectivity index (χ0v) is 12.8. The molecule has 0 spiro atoms. The molecule has 0 aliphatic rings. The Bertz CT molecular complexity index is 745. The molecule has 0 unspecified atom stereocenters. The Morgan fingerprint density at radius 2 is 2.00 bits per heavy atom. The van der Waals surface area contributed by atoms with Crippen LogP contribution in [0.25, 0.3) is 0 Å². The maximum absolute atomic E-state index is 12.0. The fraction of sp³-hybridized carbons (Fsp3) is 0.0833. The van der Waals surface area contributed by atoms with Crippen molar-refractivity contribution in [1.82, 2.24) is 9.97 Å². The molecule has 0 bridgehead atoms. The Labute approximate surface area is 124 Å². The summed E-state index contributed by atoms with van der Waals surface area (Å²) in [6.07, 6.45) is 3.77. The van der Waals surface area contributed by atoms with Gasteiger partial charge in [-0.05, 0) is 40.2 Å². The molecule has 0 aliphatic carbocycles. The van der Waals surface area contributed by atoms with Gasteiger partial charge in [0.15, 0.2) is 14.9 Å². The Balaban J connectivity index is 2.31. The van der Waals surface area contributed by atoms with Crippen molar-refractivity contribution >= 4 is 37.4 Å². The van der Waals surface area contributed by atoms with Crippen molar-refractivity contribution in [2.24, 2.45) is 0 Å². The van der Waals surface area contributed by atoms with E-state index < -0.39 is 15.7 Å². The number of pyridine rings is 2. The van der Waals surface area contributed by atoms with Crippen LogP contribution in [0.2, 0.25) is 0 Å². The predicted octanol–water partition coefficient (Wildman–Crippen LogP) is 1.89. The Morgan fingerprint density at radius 1 is 1.25 bits per heavy atom. The number of carbonyl (C=O) groups excluding carboxylic acids is 1. The van der Waals surface area contributed by atoms with Gasteiger partial charge < -0.3 is 5.32 Å². The van der Waals surface area contributed by atoms with Crippen LogP contribution in [0.1, 0.15) is 10.4 Å².